The summed E-state index contributed by atoms with van der Waals surface area (Å²) >= 11 is 0. The Kier molecular flexibility index (Phi) is 12.0. The summed E-state index contributed by atoms with van der Waals surface area (Å²) in [4.78, 5) is 9.08. The van der Waals surface area contributed by atoms with E-state index in [9.17, 15) is 0 Å². The summed E-state index contributed by atoms with van der Waals surface area (Å²) in [6.07, 6.45) is 24.1. The molecule has 1 unspecified atom stereocenters. The predicted octanol–water partition coefficient (Wildman–Crippen LogP) is 10.5. The number of fused-ring (bicyclic) bond motifs is 1. The maximum Gasteiger partial charge on any atom is 0.162 e. The van der Waals surface area contributed by atoms with E-state index in [1.807, 2.05) is 36.7 Å². The third kappa shape index (κ3) is 8.38. The SMILES string of the molecule is CCCCCCCCCCc1cnc(-c2ccc(C3(CCCCCCCC)Cc4ccccc4O3)cc2F)nc1. The Labute approximate surface area is 242 Å². The zero-order valence-electron chi connectivity index (χ0n) is 24.9. The minimum absolute atomic E-state index is 0.282. The second kappa shape index (κ2) is 15.9. The Morgan fingerprint density at radius 3 is 2.02 bits per heavy atom. The molecular weight excluding hydrogens is 495 g/mol. The molecule has 2 aromatic carbocycles. The second-order valence-electron chi connectivity index (χ2n) is 11.7. The summed E-state index contributed by atoms with van der Waals surface area (Å²) in [6.45, 7) is 4.50. The van der Waals surface area contributed by atoms with Gasteiger partial charge in [0.1, 0.15) is 17.2 Å². The fourth-order valence-corrected chi connectivity index (χ4v) is 6.01. The molecule has 1 aliphatic rings. The molecule has 1 atom stereocenters. The molecule has 1 aromatic heterocycles. The van der Waals surface area contributed by atoms with Gasteiger partial charge in [0.05, 0.1) is 5.56 Å². The average molecular weight is 545 g/mol. The van der Waals surface area contributed by atoms with Crippen LogP contribution in [0, 0.1) is 5.82 Å². The summed E-state index contributed by atoms with van der Waals surface area (Å²) in [5.74, 6) is 1.09. The molecule has 0 aliphatic carbocycles. The van der Waals surface area contributed by atoms with Gasteiger partial charge in [-0.1, -0.05) is 115 Å². The van der Waals surface area contributed by atoms with E-state index < -0.39 is 5.60 Å². The first-order valence-electron chi connectivity index (χ1n) is 16.0. The zero-order valence-corrected chi connectivity index (χ0v) is 24.9. The Bertz CT molecular complexity index is 1130. The van der Waals surface area contributed by atoms with Gasteiger partial charge in [-0.25, -0.2) is 14.4 Å². The lowest BCUT2D eigenvalue weighted by atomic mass is 9.84. The summed E-state index contributed by atoms with van der Waals surface area (Å²) in [7, 11) is 0. The van der Waals surface area contributed by atoms with E-state index in [2.05, 4.69) is 35.9 Å². The standard InChI is InChI=1S/C36H49FN2O/c1-3-5-7-9-11-12-13-15-19-29-27-38-35(39-28-29)32-23-22-31(25-33(32)37)36(24-18-14-10-8-6-4-2)26-30-20-16-17-21-34(30)40-36/h16-17,20-23,25,27-28H,3-15,18-19,24,26H2,1-2H3. The number of aromatic nitrogens is 2. The van der Waals surface area contributed by atoms with Crippen molar-refractivity contribution in [2.24, 2.45) is 0 Å². The minimum Gasteiger partial charge on any atom is -0.482 e. The maximum absolute atomic E-state index is 15.6. The van der Waals surface area contributed by atoms with E-state index in [1.54, 1.807) is 6.07 Å². The predicted molar refractivity (Wildman–Crippen MR) is 164 cm³/mol. The van der Waals surface area contributed by atoms with Gasteiger partial charge in [0.15, 0.2) is 5.82 Å². The van der Waals surface area contributed by atoms with Gasteiger partial charge in [0.2, 0.25) is 0 Å². The quantitative estimate of drug-likeness (QED) is 0.149. The molecule has 0 fully saturated rings. The molecule has 216 valence electrons. The largest absolute Gasteiger partial charge is 0.482 e. The average Bonchev–Trinajstić information content (AvgIpc) is 3.36. The van der Waals surface area contributed by atoms with E-state index in [-0.39, 0.29) is 5.82 Å². The lowest BCUT2D eigenvalue weighted by molar-refractivity contribution is 0.0787. The molecule has 4 heteroatoms. The van der Waals surface area contributed by atoms with Crippen molar-refractivity contribution < 1.29 is 9.13 Å². The maximum atomic E-state index is 15.6. The molecule has 40 heavy (non-hydrogen) atoms. The molecule has 3 aromatic rings. The van der Waals surface area contributed by atoms with Crippen molar-refractivity contribution >= 4 is 0 Å². The van der Waals surface area contributed by atoms with Gasteiger partial charge in [-0.3, -0.25) is 0 Å². The highest BCUT2D eigenvalue weighted by Crippen LogP contribution is 2.45. The van der Waals surface area contributed by atoms with Gasteiger partial charge >= 0.3 is 0 Å². The Hall–Kier alpha value is -2.75. The van der Waals surface area contributed by atoms with Crippen molar-refractivity contribution in [2.75, 3.05) is 0 Å². The number of hydrogen-bond acceptors (Lipinski definition) is 3. The van der Waals surface area contributed by atoms with Crippen LogP contribution in [0.3, 0.4) is 0 Å². The monoisotopic (exact) mass is 544 g/mol. The number of aryl methyl sites for hydroxylation is 1. The third-order valence-electron chi connectivity index (χ3n) is 8.45. The first-order chi connectivity index (χ1) is 19.6. The third-order valence-corrected chi connectivity index (χ3v) is 8.45. The van der Waals surface area contributed by atoms with Crippen molar-refractivity contribution in [1.82, 2.24) is 9.97 Å². The summed E-state index contributed by atoms with van der Waals surface area (Å²) in [5, 5.41) is 0. The molecule has 4 rings (SSSR count). The number of para-hydroxylation sites is 1. The van der Waals surface area contributed by atoms with E-state index >= 15 is 4.39 Å². The number of nitrogens with zero attached hydrogens (tertiary/aromatic N) is 2. The van der Waals surface area contributed by atoms with Crippen molar-refractivity contribution in [3.8, 4) is 17.1 Å². The number of hydrogen-bond donors (Lipinski definition) is 0. The molecule has 0 radical (unpaired) electrons. The molecule has 0 saturated heterocycles. The molecule has 1 aliphatic heterocycles. The normalized spacial score (nSPS) is 16.2. The van der Waals surface area contributed by atoms with Crippen LogP contribution in [0.1, 0.15) is 127 Å². The van der Waals surface area contributed by atoms with Gasteiger partial charge in [-0.2, -0.15) is 0 Å². The molecule has 0 saturated carbocycles. The number of ether oxygens (including phenoxy) is 1. The van der Waals surface area contributed by atoms with Gasteiger partial charge < -0.3 is 4.74 Å². The molecule has 0 amide bonds. The lowest BCUT2D eigenvalue weighted by Crippen LogP contribution is -2.31. The van der Waals surface area contributed by atoms with Gasteiger partial charge in [-0.15, -0.1) is 0 Å². The van der Waals surface area contributed by atoms with Crippen LogP contribution < -0.4 is 4.74 Å². The number of halogens is 1. The van der Waals surface area contributed by atoms with Crippen molar-refractivity contribution in [3.05, 3.63) is 77.4 Å². The van der Waals surface area contributed by atoms with E-state index in [0.717, 1.165) is 49.0 Å². The van der Waals surface area contributed by atoms with Crippen molar-refractivity contribution in [2.45, 2.75) is 129 Å². The number of unbranched alkanes of at least 4 members (excludes halogenated alkanes) is 12. The van der Waals surface area contributed by atoms with E-state index in [0.29, 0.717) is 11.4 Å². The Morgan fingerprint density at radius 2 is 1.38 bits per heavy atom. The van der Waals surface area contributed by atoms with Gasteiger partial charge in [-0.05, 0) is 60.6 Å². The topological polar surface area (TPSA) is 35.0 Å². The first kappa shape index (κ1) is 30.2. The van der Waals surface area contributed by atoms with Crippen LogP contribution in [-0.2, 0) is 18.4 Å². The first-order valence-corrected chi connectivity index (χ1v) is 16.0. The van der Waals surface area contributed by atoms with Crippen molar-refractivity contribution in [3.63, 3.8) is 0 Å². The summed E-state index contributed by atoms with van der Waals surface area (Å²) in [6, 6.07) is 13.8. The van der Waals surface area contributed by atoms with Crippen LogP contribution in [-0.4, -0.2) is 9.97 Å². The molecule has 0 spiro atoms. The van der Waals surface area contributed by atoms with Crippen LogP contribution in [0.2, 0.25) is 0 Å². The van der Waals surface area contributed by atoms with Crippen LogP contribution in [0.25, 0.3) is 11.4 Å². The van der Waals surface area contributed by atoms with Crippen molar-refractivity contribution in [1.29, 1.82) is 0 Å². The fraction of sp³-hybridized carbons (Fsp3) is 0.556. The highest BCUT2D eigenvalue weighted by atomic mass is 19.1. The van der Waals surface area contributed by atoms with Crippen LogP contribution in [0.4, 0.5) is 4.39 Å². The van der Waals surface area contributed by atoms with Gasteiger partial charge in [0.25, 0.3) is 0 Å². The van der Waals surface area contributed by atoms with Gasteiger partial charge in [0, 0.05) is 18.8 Å². The Morgan fingerprint density at radius 1 is 0.750 bits per heavy atom. The number of benzene rings is 2. The molecule has 2 heterocycles. The summed E-state index contributed by atoms with van der Waals surface area (Å²) < 4.78 is 22.2. The Balaban J connectivity index is 1.37. The fourth-order valence-electron chi connectivity index (χ4n) is 6.01. The minimum atomic E-state index is -0.519. The lowest BCUT2D eigenvalue weighted by Gasteiger charge is -2.30. The van der Waals surface area contributed by atoms with E-state index in [1.165, 1.54) is 82.6 Å². The highest BCUT2D eigenvalue weighted by molar-refractivity contribution is 5.57. The number of rotatable bonds is 18. The molecular formula is C36H49FN2O. The summed E-state index contributed by atoms with van der Waals surface area (Å²) in [5.41, 5.74) is 3.17. The van der Waals surface area contributed by atoms with Crippen LogP contribution >= 0.6 is 0 Å². The van der Waals surface area contributed by atoms with Crippen LogP contribution in [0.5, 0.6) is 5.75 Å². The molecule has 0 bridgehead atoms. The molecule has 0 N–H and O–H groups in total. The second-order valence-corrected chi connectivity index (χ2v) is 11.7. The van der Waals surface area contributed by atoms with Crippen LogP contribution in [0.15, 0.2) is 54.9 Å². The van der Waals surface area contributed by atoms with E-state index in [4.69, 9.17) is 4.74 Å². The molecule has 3 nitrogen and oxygen atoms in total. The zero-order chi connectivity index (χ0) is 28.0. The smallest absolute Gasteiger partial charge is 0.162 e. The highest BCUT2D eigenvalue weighted by Gasteiger charge is 2.40.